The summed E-state index contributed by atoms with van der Waals surface area (Å²) in [5.74, 6) is 0.685. The second kappa shape index (κ2) is 7.17. The number of anilines is 2. The van der Waals surface area contributed by atoms with Gasteiger partial charge < -0.3 is 21.6 Å². The molecule has 1 aliphatic rings. The molecule has 0 saturated heterocycles. The number of fused-ring (bicyclic) bond motifs is 2. The lowest BCUT2D eigenvalue weighted by Crippen LogP contribution is -2.21. The highest BCUT2D eigenvalue weighted by molar-refractivity contribution is 7.14. The zero-order valence-electron chi connectivity index (χ0n) is 16.6. The van der Waals surface area contributed by atoms with E-state index < -0.39 is 0 Å². The predicted molar refractivity (Wildman–Crippen MR) is 125 cm³/mol. The van der Waals surface area contributed by atoms with Gasteiger partial charge in [-0.25, -0.2) is 4.98 Å². The van der Waals surface area contributed by atoms with Gasteiger partial charge in [-0.2, -0.15) is 4.39 Å². The number of rotatable bonds is 3. The summed E-state index contributed by atoms with van der Waals surface area (Å²) >= 11 is 1.08. The number of imidazole rings is 1. The summed E-state index contributed by atoms with van der Waals surface area (Å²) < 4.78 is 13.6. The van der Waals surface area contributed by atoms with E-state index in [0.29, 0.717) is 11.5 Å². The third kappa shape index (κ3) is 3.07. The van der Waals surface area contributed by atoms with Gasteiger partial charge in [-0.1, -0.05) is 6.07 Å². The lowest BCUT2D eigenvalue weighted by atomic mass is 9.97. The van der Waals surface area contributed by atoms with E-state index in [2.05, 4.69) is 31.9 Å². The van der Waals surface area contributed by atoms with Gasteiger partial charge in [0, 0.05) is 51.9 Å². The molecule has 32 heavy (non-hydrogen) atoms. The van der Waals surface area contributed by atoms with Gasteiger partial charge in [0.2, 0.25) is 0 Å². The maximum absolute atomic E-state index is 13.6. The third-order valence-corrected chi connectivity index (χ3v) is 6.22. The number of nitrogens with two attached hydrogens (primary N) is 1. The van der Waals surface area contributed by atoms with Crippen molar-refractivity contribution in [3.63, 3.8) is 0 Å². The average Bonchev–Trinajstić information content (AvgIpc) is 3.44. The molecule has 6 rings (SSSR count). The number of benzene rings is 1. The lowest BCUT2D eigenvalue weighted by molar-refractivity contribution is 0.657. The molecule has 1 aliphatic heterocycles. The first-order chi connectivity index (χ1) is 15.7. The molecular weight excluding hydrogens is 425 g/mol. The average molecular weight is 441 g/mol. The molecule has 5 aromatic rings. The van der Waals surface area contributed by atoms with Crippen molar-refractivity contribution in [2.24, 2.45) is 0 Å². The molecule has 1 aromatic carbocycles. The Labute approximate surface area is 185 Å². The molecule has 5 N–H and O–H groups in total. The van der Waals surface area contributed by atoms with Gasteiger partial charge in [-0.15, -0.1) is 11.3 Å². The summed E-state index contributed by atoms with van der Waals surface area (Å²) in [6.45, 7) is 0. The Morgan fingerprint density at radius 2 is 1.81 bits per heavy atom. The SMILES string of the molecule is Nc1cncc(-c2ccc3c(c2)C(c2nc4c(-c5ccc(F)s5)cncc4[nH]2)=CNN3)c1. The Bertz CT molecular complexity index is 1520. The topological polar surface area (TPSA) is 105 Å². The molecule has 5 heterocycles. The summed E-state index contributed by atoms with van der Waals surface area (Å²) in [5.41, 5.74) is 19.8. The van der Waals surface area contributed by atoms with Crippen LogP contribution in [-0.4, -0.2) is 19.9 Å². The van der Waals surface area contributed by atoms with E-state index >= 15 is 0 Å². The van der Waals surface area contributed by atoms with Gasteiger partial charge in [-0.05, 0) is 35.9 Å². The van der Waals surface area contributed by atoms with Crippen molar-refractivity contribution in [1.82, 2.24) is 25.4 Å². The number of H-pyrrole nitrogens is 1. The Kier molecular flexibility index (Phi) is 4.15. The summed E-state index contributed by atoms with van der Waals surface area (Å²) in [4.78, 5) is 17.5. The van der Waals surface area contributed by atoms with Crippen LogP contribution in [0.25, 0.3) is 38.2 Å². The smallest absolute Gasteiger partial charge is 0.176 e. The number of thiophene rings is 1. The normalized spacial score (nSPS) is 12.7. The molecule has 0 unspecified atom stereocenters. The number of nitrogens with one attached hydrogen (secondary N) is 3. The Balaban J connectivity index is 1.47. The number of nitrogen functional groups attached to an aromatic ring is 1. The molecule has 0 radical (unpaired) electrons. The minimum Gasteiger partial charge on any atom is -0.397 e. The number of halogens is 1. The maximum atomic E-state index is 13.6. The minimum atomic E-state index is -0.240. The molecule has 0 aliphatic carbocycles. The van der Waals surface area contributed by atoms with E-state index in [9.17, 15) is 4.39 Å². The number of hydrogen-bond acceptors (Lipinski definition) is 7. The molecule has 4 aromatic heterocycles. The Morgan fingerprint density at radius 1 is 0.906 bits per heavy atom. The standard InChI is InChI=1S/C23H16FN7S/c24-21-4-3-20(32-21)17-9-27-11-19-22(17)30-23(29-19)16-10-28-31-18-2-1-12(6-15(16)18)13-5-14(25)8-26-7-13/h1-11,28,31H,25H2,(H,29,30). The van der Waals surface area contributed by atoms with E-state index in [4.69, 9.17) is 10.7 Å². The lowest BCUT2D eigenvalue weighted by Gasteiger charge is -2.20. The quantitative estimate of drug-likeness (QED) is 0.321. The first-order valence-corrected chi connectivity index (χ1v) is 10.6. The van der Waals surface area contributed by atoms with Crippen LogP contribution in [0.1, 0.15) is 11.4 Å². The minimum absolute atomic E-state index is 0.240. The highest BCUT2D eigenvalue weighted by Crippen LogP contribution is 2.36. The molecule has 0 spiro atoms. The van der Waals surface area contributed by atoms with E-state index in [-0.39, 0.29) is 5.13 Å². The molecule has 0 fully saturated rings. The molecule has 0 saturated carbocycles. The summed E-state index contributed by atoms with van der Waals surface area (Å²) in [6, 6.07) is 11.2. The first kappa shape index (κ1) is 18.5. The maximum Gasteiger partial charge on any atom is 0.176 e. The molecular formula is C23H16FN7S. The molecule has 0 amide bonds. The number of pyridine rings is 2. The number of aromatic amines is 1. The summed E-state index contributed by atoms with van der Waals surface area (Å²) in [7, 11) is 0. The number of hydrogen-bond donors (Lipinski definition) is 4. The summed E-state index contributed by atoms with van der Waals surface area (Å²) in [6.07, 6.45) is 8.71. The van der Waals surface area contributed by atoms with Crippen LogP contribution in [0.5, 0.6) is 0 Å². The summed E-state index contributed by atoms with van der Waals surface area (Å²) in [5, 5.41) is -0.240. The van der Waals surface area contributed by atoms with Crippen molar-refractivity contribution in [3.8, 4) is 21.6 Å². The van der Waals surface area contributed by atoms with Crippen LogP contribution in [0.3, 0.4) is 0 Å². The highest BCUT2D eigenvalue weighted by atomic mass is 32.1. The van der Waals surface area contributed by atoms with Crippen molar-refractivity contribution in [2.45, 2.75) is 0 Å². The van der Waals surface area contributed by atoms with Gasteiger partial charge in [0.25, 0.3) is 0 Å². The second-order valence-electron chi connectivity index (χ2n) is 7.37. The number of hydrazine groups is 1. The molecule has 0 bridgehead atoms. The van der Waals surface area contributed by atoms with E-state index in [1.165, 1.54) is 6.07 Å². The zero-order valence-corrected chi connectivity index (χ0v) is 17.4. The van der Waals surface area contributed by atoms with Crippen molar-refractivity contribution in [3.05, 3.63) is 83.9 Å². The third-order valence-electron chi connectivity index (χ3n) is 5.31. The van der Waals surface area contributed by atoms with Gasteiger partial charge in [-0.3, -0.25) is 9.97 Å². The van der Waals surface area contributed by atoms with Gasteiger partial charge in [0.1, 0.15) is 11.3 Å². The Hall–Kier alpha value is -4.24. The molecule has 156 valence electrons. The zero-order chi connectivity index (χ0) is 21.7. The predicted octanol–water partition coefficient (Wildman–Crippen LogP) is 4.79. The van der Waals surface area contributed by atoms with Gasteiger partial charge in [0.15, 0.2) is 5.13 Å². The number of nitrogens with zero attached hydrogens (tertiary/aromatic N) is 3. The van der Waals surface area contributed by atoms with Crippen LogP contribution in [0.15, 0.2) is 67.4 Å². The van der Waals surface area contributed by atoms with Crippen LogP contribution in [-0.2, 0) is 0 Å². The molecule has 7 nitrogen and oxygen atoms in total. The fourth-order valence-corrected chi connectivity index (χ4v) is 4.57. The molecule has 9 heteroatoms. The van der Waals surface area contributed by atoms with E-state index in [1.54, 1.807) is 30.9 Å². The van der Waals surface area contributed by atoms with Gasteiger partial charge in [0.05, 0.1) is 23.1 Å². The van der Waals surface area contributed by atoms with Crippen molar-refractivity contribution < 1.29 is 4.39 Å². The van der Waals surface area contributed by atoms with Crippen molar-refractivity contribution >= 4 is 39.3 Å². The van der Waals surface area contributed by atoms with Crippen molar-refractivity contribution in [2.75, 3.05) is 11.2 Å². The van der Waals surface area contributed by atoms with Crippen LogP contribution in [0.4, 0.5) is 15.8 Å². The number of aromatic nitrogens is 4. The molecule has 0 atom stereocenters. The van der Waals surface area contributed by atoms with Crippen LogP contribution < -0.4 is 16.6 Å². The largest absolute Gasteiger partial charge is 0.397 e. The van der Waals surface area contributed by atoms with Crippen LogP contribution in [0, 0.1) is 5.13 Å². The first-order valence-electron chi connectivity index (χ1n) is 9.82. The fourth-order valence-electron chi connectivity index (χ4n) is 3.83. The second-order valence-corrected chi connectivity index (χ2v) is 8.40. The monoisotopic (exact) mass is 441 g/mol. The Morgan fingerprint density at radius 3 is 2.66 bits per heavy atom. The van der Waals surface area contributed by atoms with E-state index in [1.807, 2.05) is 24.4 Å². The fraction of sp³-hybridized carbons (Fsp3) is 0. The van der Waals surface area contributed by atoms with Crippen LogP contribution >= 0.6 is 11.3 Å². The van der Waals surface area contributed by atoms with Gasteiger partial charge >= 0.3 is 0 Å². The van der Waals surface area contributed by atoms with Crippen LogP contribution in [0.2, 0.25) is 0 Å². The van der Waals surface area contributed by atoms with Crippen molar-refractivity contribution in [1.29, 1.82) is 0 Å². The van der Waals surface area contributed by atoms with E-state index in [0.717, 1.165) is 60.8 Å². The highest BCUT2D eigenvalue weighted by Gasteiger charge is 2.20.